The zero-order valence-corrected chi connectivity index (χ0v) is 24.0. The number of aromatic nitrogens is 2. The van der Waals surface area contributed by atoms with Crippen LogP contribution in [0.15, 0.2) is 48.7 Å². The van der Waals surface area contributed by atoms with Crippen molar-refractivity contribution in [2.45, 2.75) is 57.2 Å². The van der Waals surface area contributed by atoms with Crippen molar-refractivity contribution in [2.75, 3.05) is 36.5 Å². The van der Waals surface area contributed by atoms with E-state index in [2.05, 4.69) is 26.6 Å². The van der Waals surface area contributed by atoms with Crippen LogP contribution in [0.2, 0.25) is 0 Å². The monoisotopic (exact) mass is 597 g/mol. The number of ether oxygens (including phenoxy) is 1. The van der Waals surface area contributed by atoms with E-state index in [1.807, 2.05) is 32.0 Å². The average Bonchev–Trinajstić information content (AvgIpc) is 2.98. The SMILES string of the molecule is Cc1ccc(NC(=O)c2ccnc(C(F)(F)F)c2)cc1-c1cc(C2CCOCC2)nc(N2CCC(C)(NC(=O)O)CC2)c1. The molecule has 2 aliphatic heterocycles. The van der Waals surface area contributed by atoms with Gasteiger partial charge in [-0.1, -0.05) is 6.07 Å². The molecule has 2 saturated heterocycles. The van der Waals surface area contributed by atoms with Crippen molar-refractivity contribution < 1.29 is 32.6 Å². The molecule has 1 aromatic carbocycles. The molecule has 0 bridgehead atoms. The van der Waals surface area contributed by atoms with E-state index in [9.17, 15) is 27.9 Å². The fourth-order valence-corrected chi connectivity index (χ4v) is 5.61. The number of piperidine rings is 1. The first-order valence-electron chi connectivity index (χ1n) is 14.2. The van der Waals surface area contributed by atoms with Crippen LogP contribution in [0.5, 0.6) is 0 Å². The molecular weight excluding hydrogens is 563 g/mol. The molecule has 12 heteroatoms. The Morgan fingerprint density at radius 1 is 1.07 bits per heavy atom. The smallest absolute Gasteiger partial charge is 0.433 e. The van der Waals surface area contributed by atoms with Crippen LogP contribution in [0, 0.1) is 6.92 Å². The zero-order chi connectivity index (χ0) is 30.8. The number of halogens is 3. The number of rotatable bonds is 6. The molecule has 228 valence electrons. The minimum Gasteiger partial charge on any atom is -0.465 e. The molecule has 43 heavy (non-hydrogen) atoms. The number of carboxylic acid groups (broad SMARTS) is 1. The van der Waals surface area contributed by atoms with E-state index in [1.54, 1.807) is 6.07 Å². The Morgan fingerprint density at radius 3 is 2.47 bits per heavy atom. The highest BCUT2D eigenvalue weighted by Crippen LogP contribution is 2.36. The third-order valence-electron chi connectivity index (χ3n) is 8.19. The Labute approximate surface area is 247 Å². The van der Waals surface area contributed by atoms with Gasteiger partial charge in [0.1, 0.15) is 11.5 Å². The predicted molar refractivity (Wildman–Crippen MR) is 155 cm³/mol. The lowest BCUT2D eigenvalue weighted by atomic mass is 9.89. The molecule has 2 aliphatic rings. The highest BCUT2D eigenvalue weighted by Gasteiger charge is 2.34. The Balaban J connectivity index is 1.45. The second-order valence-corrected chi connectivity index (χ2v) is 11.4. The van der Waals surface area contributed by atoms with E-state index in [0.29, 0.717) is 44.8 Å². The molecule has 0 saturated carbocycles. The predicted octanol–water partition coefficient (Wildman–Crippen LogP) is 6.24. The summed E-state index contributed by atoms with van der Waals surface area (Å²) in [4.78, 5) is 34.7. The van der Waals surface area contributed by atoms with Gasteiger partial charge in [0, 0.05) is 60.9 Å². The number of alkyl halides is 3. The lowest BCUT2D eigenvalue weighted by molar-refractivity contribution is -0.141. The van der Waals surface area contributed by atoms with Gasteiger partial charge in [-0.05, 0) is 92.6 Å². The maximum atomic E-state index is 13.1. The lowest BCUT2D eigenvalue weighted by Gasteiger charge is -2.40. The molecule has 0 atom stereocenters. The molecule has 3 aromatic rings. The summed E-state index contributed by atoms with van der Waals surface area (Å²) in [5, 5.41) is 14.6. The Morgan fingerprint density at radius 2 is 1.79 bits per heavy atom. The number of carbonyl (C=O) groups is 2. The third kappa shape index (κ3) is 7.24. The summed E-state index contributed by atoms with van der Waals surface area (Å²) in [6, 6.07) is 11.4. The topological polar surface area (TPSA) is 117 Å². The first kappa shape index (κ1) is 30.3. The van der Waals surface area contributed by atoms with Crippen LogP contribution in [-0.2, 0) is 10.9 Å². The van der Waals surface area contributed by atoms with E-state index >= 15 is 0 Å². The fourth-order valence-electron chi connectivity index (χ4n) is 5.61. The number of aryl methyl sites for hydroxylation is 1. The van der Waals surface area contributed by atoms with E-state index in [-0.39, 0.29) is 11.5 Å². The summed E-state index contributed by atoms with van der Waals surface area (Å²) in [5.74, 6) is 0.336. The van der Waals surface area contributed by atoms with Crippen LogP contribution in [0.4, 0.5) is 29.5 Å². The molecule has 2 amide bonds. The maximum Gasteiger partial charge on any atom is 0.433 e. The molecule has 0 spiro atoms. The van der Waals surface area contributed by atoms with E-state index in [4.69, 9.17) is 9.72 Å². The minimum atomic E-state index is -4.66. The van der Waals surface area contributed by atoms with Gasteiger partial charge in [-0.25, -0.2) is 9.78 Å². The van der Waals surface area contributed by atoms with Gasteiger partial charge < -0.3 is 25.4 Å². The first-order chi connectivity index (χ1) is 20.4. The number of pyridine rings is 2. The van der Waals surface area contributed by atoms with Crippen LogP contribution in [0.1, 0.15) is 65.8 Å². The molecule has 0 unspecified atom stereocenters. The standard InChI is InChI=1S/C31H34F3N5O4/c1-19-3-4-23(36-28(40)21-5-10-35-26(16-21)31(32,33)34)18-24(19)22-15-25(20-6-13-43-14-7-20)37-27(17-22)39-11-8-30(2,9-12-39)38-29(41)42/h3-5,10,15-18,20,38H,6-9,11-14H2,1-2H3,(H,36,40)(H,41,42). The fraction of sp³-hybridized carbons (Fsp3) is 0.419. The van der Waals surface area contributed by atoms with Gasteiger partial charge in [0.25, 0.3) is 5.91 Å². The number of carbonyl (C=O) groups excluding carboxylic acids is 1. The van der Waals surface area contributed by atoms with Crippen molar-refractivity contribution in [3.05, 3.63) is 71.2 Å². The van der Waals surface area contributed by atoms with Gasteiger partial charge in [-0.2, -0.15) is 13.2 Å². The van der Waals surface area contributed by atoms with Crippen LogP contribution in [-0.4, -0.2) is 58.9 Å². The summed E-state index contributed by atoms with van der Waals surface area (Å²) in [5.41, 5.74) is 2.30. The van der Waals surface area contributed by atoms with Gasteiger partial charge in [-0.3, -0.25) is 9.78 Å². The first-order valence-corrected chi connectivity index (χ1v) is 14.2. The summed E-state index contributed by atoms with van der Waals surface area (Å²) in [6.07, 6.45) is -1.78. The van der Waals surface area contributed by atoms with Crippen LogP contribution >= 0.6 is 0 Å². The number of amides is 2. The maximum absolute atomic E-state index is 13.1. The molecule has 5 rings (SSSR count). The van der Waals surface area contributed by atoms with Crippen molar-refractivity contribution in [3.8, 4) is 11.1 Å². The average molecular weight is 598 g/mol. The molecule has 0 aliphatic carbocycles. The molecule has 0 radical (unpaired) electrons. The highest BCUT2D eigenvalue weighted by atomic mass is 19.4. The molecule has 3 N–H and O–H groups in total. The summed E-state index contributed by atoms with van der Waals surface area (Å²) >= 11 is 0. The van der Waals surface area contributed by atoms with Gasteiger partial charge in [0.2, 0.25) is 0 Å². The number of anilines is 2. The Bertz CT molecular complexity index is 1500. The van der Waals surface area contributed by atoms with Crippen molar-refractivity contribution >= 4 is 23.5 Å². The van der Waals surface area contributed by atoms with Crippen molar-refractivity contribution in [3.63, 3.8) is 0 Å². The number of nitrogens with one attached hydrogen (secondary N) is 2. The van der Waals surface area contributed by atoms with Crippen molar-refractivity contribution in [2.24, 2.45) is 0 Å². The van der Waals surface area contributed by atoms with Crippen LogP contribution < -0.4 is 15.5 Å². The van der Waals surface area contributed by atoms with Crippen LogP contribution in [0.25, 0.3) is 11.1 Å². The molecule has 4 heterocycles. The van der Waals surface area contributed by atoms with Crippen molar-refractivity contribution in [1.29, 1.82) is 0 Å². The van der Waals surface area contributed by atoms with Gasteiger partial charge in [0.05, 0.1) is 0 Å². The Hall–Kier alpha value is -4.19. The van der Waals surface area contributed by atoms with Crippen molar-refractivity contribution in [1.82, 2.24) is 15.3 Å². The number of hydrogen-bond donors (Lipinski definition) is 3. The second kappa shape index (κ2) is 12.2. The largest absolute Gasteiger partial charge is 0.465 e. The molecular formula is C31H34F3N5O4. The summed E-state index contributed by atoms with van der Waals surface area (Å²) in [7, 11) is 0. The number of nitrogens with zero attached hydrogens (tertiary/aromatic N) is 3. The lowest BCUT2D eigenvalue weighted by Crippen LogP contribution is -2.53. The van der Waals surface area contributed by atoms with Gasteiger partial charge >= 0.3 is 12.3 Å². The van der Waals surface area contributed by atoms with Gasteiger partial charge in [0.15, 0.2) is 0 Å². The van der Waals surface area contributed by atoms with Gasteiger partial charge in [-0.15, -0.1) is 0 Å². The van der Waals surface area contributed by atoms with E-state index in [1.165, 1.54) is 6.07 Å². The third-order valence-corrected chi connectivity index (χ3v) is 8.19. The highest BCUT2D eigenvalue weighted by molar-refractivity contribution is 6.04. The normalized spacial score (nSPS) is 17.4. The van der Waals surface area contributed by atoms with E-state index in [0.717, 1.165) is 53.3 Å². The van der Waals surface area contributed by atoms with E-state index < -0.39 is 29.4 Å². The molecule has 2 fully saturated rings. The minimum absolute atomic E-state index is 0.146. The molecule has 9 nitrogen and oxygen atoms in total. The number of benzene rings is 1. The molecule has 2 aromatic heterocycles. The quantitative estimate of drug-likeness (QED) is 0.308. The zero-order valence-electron chi connectivity index (χ0n) is 24.0. The Kier molecular flexibility index (Phi) is 8.59. The second-order valence-electron chi connectivity index (χ2n) is 11.4. The summed E-state index contributed by atoms with van der Waals surface area (Å²) < 4.78 is 45.0. The summed E-state index contributed by atoms with van der Waals surface area (Å²) in [6.45, 7) is 6.43. The van der Waals surface area contributed by atoms with Crippen LogP contribution in [0.3, 0.4) is 0 Å². The number of hydrogen-bond acceptors (Lipinski definition) is 6.